The Morgan fingerprint density at radius 3 is 1.00 bits per heavy atom. The molecule has 4 radical (unpaired) electrons. The third kappa shape index (κ3) is 8.99. The summed E-state index contributed by atoms with van der Waals surface area (Å²) in [7, 11) is 0. The summed E-state index contributed by atoms with van der Waals surface area (Å²) in [4.78, 5) is 0. The zero-order valence-electron chi connectivity index (χ0n) is 2.12. The van der Waals surface area contributed by atoms with Gasteiger partial charge < -0.3 is 0 Å². The molecule has 0 rings (SSSR count). The van der Waals surface area contributed by atoms with E-state index in [0.29, 0.717) is 0 Å². The molecule has 0 aliphatic rings. The van der Waals surface area contributed by atoms with Crippen LogP contribution in [0.3, 0.4) is 0 Å². The molecule has 0 aromatic heterocycles. The number of hydrogen-bond donors (Lipinski definition) is 0. The Morgan fingerprint density at radius 2 is 1.00 bits per heavy atom. The minimum atomic E-state index is 0. The fourth-order valence-electron chi connectivity index (χ4n) is 0. The van der Waals surface area contributed by atoms with E-state index in [1.54, 1.807) is 0 Å². The minimum Gasteiger partial charge on any atom is 0 e. The molecule has 21 valence electrons. The van der Waals surface area contributed by atoms with E-state index in [4.69, 9.17) is 3.83 Å². The molecule has 0 unspecified atom stereocenters. The van der Waals surface area contributed by atoms with E-state index >= 15 is 0 Å². The maximum Gasteiger partial charge on any atom is 0 e. The van der Waals surface area contributed by atoms with Gasteiger partial charge in [-0.1, -0.05) is 0 Å². The van der Waals surface area contributed by atoms with Crippen molar-refractivity contribution in [3.63, 3.8) is 0 Å². The molecule has 0 aliphatic heterocycles. The van der Waals surface area contributed by atoms with E-state index < -0.39 is 0 Å². The van der Waals surface area contributed by atoms with Crippen LogP contribution in [0.15, 0.2) is 0 Å². The van der Waals surface area contributed by atoms with Crippen molar-refractivity contribution in [1.29, 1.82) is 0 Å². The van der Waals surface area contributed by atoms with Crippen LogP contribution in [-0.4, -0.2) is 91.0 Å². The molecule has 0 saturated carbocycles. The molecule has 0 amide bonds. The van der Waals surface area contributed by atoms with Gasteiger partial charge in [-0.3, -0.25) is 0 Å². The van der Waals surface area contributed by atoms with Crippen molar-refractivity contribution in [1.82, 2.24) is 0 Å². The van der Waals surface area contributed by atoms with Gasteiger partial charge in [0, 0.05) is 91.0 Å². The Labute approximate surface area is 107 Å². The summed E-state index contributed by atoms with van der Waals surface area (Å²) in [6.45, 7) is 0. The maximum atomic E-state index is 7.81. The predicted molar refractivity (Wildman–Crippen MR) is 12.2 cm³/mol. The second-order valence-corrected chi connectivity index (χ2v) is 0. The molecular formula is CuOSr2. The van der Waals surface area contributed by atoms with Gasteiger partial charge in [-0.2, -0.15) is 0 Å². The zero-order valence-corrected chi connectivity index (χ0v) is 10.0. The third-order valence-corrected chi connectivity index (χ3v) is 0. The van der Waals surface area contributed by atoms with Crippen LogP contribution in [-0.2, 0) is 19.8 Å². The Morgan fingerprint density at radius 1 is 1.00 bits per heavy atom. The predicted octanol–water partition coefficient (Wildman–Crippen LogP) is -0.883. The Balaban J connectivity index is -0.00000000500. The average molecular weight is 255 g/mol. The monoisotopic (exact) mass is 255 g/mol. The van der Waals surface area contributed by atoms with Gasteiger partial charge in [-0.05, 0) is 0 Å². The van der Waals surface area contributed by atoms with Crippen LogP contribution >= 0.6 is 0 Å². The summed E-state index contributed by atoms with van der Waals surface area (Å²) in [5.74, 6) is 0. The van der Waals surface area contributed by atoms with Crippen LogP contribution in [0.25, 0.3) is 0 Å². The van der Waals surface area contributed by atoms with E-state index in [-0.39, 0.29) is 91.0 Å². The topological polar surface area (TPSA) is 17.1 Å². The average Bonchev–Trinajstić information content (AvgIpc) is 1.00. The maximum absolute atomic E-state index is 7.81. The molecule has 0 aromatic carbocycles. The van der Waals surface area contributed by atoms with Crippen LogP contribution in [0.5, 0.6) is 0 Å². The molecule has 0 saturated heterocycles. The van der Waals surface area contributed by atoms with Gasteiger partial charge in [0.2, 0.25) is 0 Å². The van der Waals surface area contributed by atoms with Gasteiger partial charge in [-0.15, -0.1) is 0 Å². The second kappa shape index (κ2) is 16.3. The Hall–Kier alpha value is 3.28. The van der Waals surface area contributed by atoms with E-state index in [2.05, 4.69) is 15.9 Å². The smallest absolute Gasteiger partial charge is 0 e. The van der Waals surface area contributed by atoms with E-state index in [9.17, 15) is 0 Å². The normalized spacial score (nSPS) is 1.50. The Kier molecular flexibility index (Phi) is 63.8. The van der Waals surface area contributed by atoms with Crippen LogP contribution in [0.1, 0.15) is 0 Å². The summed E-state index contributed by atoms with van der Waals surface area (Å²) in [5, 5.41) is 0. The van der Waals surface area contributed by atoms with Crippen molar-refractivity contribution in [3.8, 4) is 0 Å². The van der Waals surface area contributed by atoms with Crippen LogP contribution in [0.2, 0.25) is 0 Å². The molecule has 0 heterocycles. The SMILES string of the molecule is [O]=[Cu].[Sr].[Sr]. The molecule has 1 nitrogen and oxygen atoms in total. The van der Waals surface area contributed by atoms with E-state index in [1.807, 2.05) is 0 Å². The summed E-state index contributed by atoms with van der Waals surface area (Å²) in [6.07, 6.45) is 0. The first-order valence-electron chi connectivity index (χ1n) is 0.123. The van der Waals surface area contributed by atoms with E-state index in [0.717, 1.165) is 0 Å². The first-order valence-corrected chi connectivity index (χ1v) is 0.508. The summed E-state index contributed by atoms with van der Waals surface area (Å²) < 4.78 is 7.81. The summed E-state index contributed by atoms with van der Waals surface area (Å²) >= 11 is 2.94. The first-order chi connectivity index (χ1) is 1.00. The van der Waals surface area contributed by atoms with Gasteiger partial charge >= 0.3 is 19.8 Å². The van der Waals surface area contributed by atoms with Gasteiger partial charge in [-0.25, -0.2) is 0 Å². The van der Waals surface area contributed by atoms with Crippen molar-refractivity contribution >= 4 is 91.0 Å². The zero-order chi connectivity index (χ0) is 2.00. The first kappa shape index (κ1) is 15.7. The fraction of sp³-hybridized carbons (Fsp3) is 0. The Bertz CT molecular complexity index is 6.00. The minimum absolute atomic E-state index is 0. The quantitative estimate of drug-likeness (QED) is 0.513. The van der Waals surface area contributed by atoms with Gasteiger partial charge in [0.1, 0.15) is 0 Å². The molecule has 0 aromatic rings. The number of rotatable bonds is 0. The molecule has 0 fully saturated rings. The summed E-state index contributed by atoms with van der Waals surface area (Å²) in [6, 6.07) is 0. The molecule has 0 aliphatic carbocycles. The number of hydrogen-bond acceptors (Lipinski definition) is 1. The molecule has 0 atom stereocenters. The largest absolute Gasteiger partial charge is 0 e. The third-order valence-electron chi connectivity index (χ3n) is 0. The van der Waals surface area contributed by atoms with Crippen molar-refractivity contribution in [2.75, 3.05) is 0 Å². The van der Waals surface area contributed by atoms with E-state index in [1.165, 1.54) is 0 Å². The molecule has 0 bridgehead atoms. The molecule has 0 N–H and O–H groups in total. The van der Waals surface area contributed by atoms with Crippen LogP contribution < -0.4 is 0 Å². The molecule has 4 heteroatoms. The fourth-order valence-corrected chi connectivity index (χ4v) is 0. The van der Waals surface area contributed by atoms with Gasteiger partial charge in [0.05, 0.1) is 0 Å². The van der Waals surface area contributed by atoms with Gasteiger partial charge in [0.25, 0.3) is 0 Å². The van der Waals surface area contributed by atoms with Crippen LogP contribution in [0, 0.1) is 0 Å². The van der Waals surface area contributed by atoms with Crippen molar-refractivity contribution in [2.24, 2.45) is 0 Å². The van der Waals surface area contributed by atoms with Crippen molar-refractivity contribution < 1.29 is 19.8 Å². The van der Waals surface area contributed by atoms with Crippen molar-refractivity contribution in [2.45, 2.75) is 0 Å². The molecule has 4 heavy (non-hydrogen) atoms. The molecular weight excluding hydrogens is 255 g/mol. The van der Waals surface area contributed by atoms with Gasteiger partial charge in [0.15, 0.2) is 0 Å². The molecule has 0 spiro atoms. The standard InChI is InChI=1S/Cu.O.2Sr. The van der Waals surface area contributed by atoms with Crippen LogP contribution in [0.4, 0.5) is 0 Å². The van der Waals surface area contributed by atoms with Crippen molar-refractivity contribution in [3.05, 3.63) is 0 Å². The summed E-state index contributed by atoms with van der Waals surface area (Å²) in [5.41, 5.74) is 0. The second-order valence-electron chi connectivity index (χ2n) is 0.